The van der Waals surface area contributed by atoms with Crippen LogP contribution in [0.15, 0.2) is 18.2 Å². The van der Waals surface area contributed by atoms with Crippen LogP contribution in [-0.2, 0) is 0 Å². The third-order valence-corrected chi connectivity index (χ3v) is 2.91. The average Bonchev–Trinajstić information content (AvgIpc) is 2.69. The second kappa shape index (κ2) is 4.11. The van der Waals surface area contributed by atoms with Crippen LogP contribution in [0.1, 0.15) is 23.2 Å². The highest BCUT2D eigenvalue weighted by atomic mass is 35.5. The molecule has 1 aromatic carbocycles. The Kier molecular flexibility index (Phi) is 2.82. The number of halogens is 1. The minimum Gasteiger partial charge on any atom is -0.507 e. The Hall–Kier alpha value is -1.22. The molecule has 0 bridgehead atoms. The predicted molar refractivity (Wildman–Crippen MR) is 58.3 cm³/mol. The van der Waals surface area contributed by atoms with Gasteiger partial charge < -0.3 is 10.0 Å². The molecule has 0 spiro atoms. The van der Waals surface area contributed by atoms with Gasteiger partial charge in [-0.05, 0) is 25.0 Å². The number of carbonyl (C=O) groups is 1. The van der Waals surface area contributed by atoms with E-state index in [-0.39, 0.29) is 17.2 Å². The summed E-state index contributed by atoms with van der Waals surface area (Å²) in [5.41, 5.74) is 0.223. The number of nitrogens with zero attached hydrogens (tertiary/aromatic N) is 1. The van der Waals surface area contributed by atoms with Crippen LogP contribution in [0.5, 0.6) is 5.75 Å². The zero-order chi connectivity index (χ0) is 10.8. The topological polar surface area (TPSA) is 40.5 Å². The minimum atomic E-state index is -0.171. The Morgan fingerprint density at radius 1 is 1.33 bits per heavy atom. The SMILES string of the molecule is O=C(c1c(O)cccc1Cl)N1CCCC1. The Morgan fingerprint density at radius 2 is 2.00 bits per heavy atom. The van der Waals surface area contributed by atoms with Crippen molar-refractivity contribution < 1.29 is 9.90 Å². The first-order valence-electron chi connectivity index (χ1n) is 4.97. The fourth-order valence-corrected chi connectivity index (χ4v) is 2.05. The van der Waals surface area contributed by atoms with Gasteiger partial charge in [0.1, 0.15) is 5.75 Å². The van der Waals surface area contributed by atoms with Gasteiger partial charge in [-0.15, -0.1) is 0 Å². The third-order valence-electron chi connectivity index (χ3n) is 2.60. The fourth-order valence-electron chi connectivity index (χ4n) is 1.80. The lowest BCUT2D eigenvalue weighted by Crippen LogP contribution is -2.27. The minimum absolute atomic E-state index is 0.0422. The normalized spacial score (nSPS) is 15.7. The van der Waals surface area contributed by atoms with Crippen molar-refractivity contribution in [2.75, 3.05) is 13.1 Å². The molecule has 80 valence electrons. The number of amides is 1. The van der Waals surface area contributed by atoms with Crippen molar-refractivity contribution in [3.63, 3.8) is 0 Å². The quantitative estimate of drug-likeness (QED) is 0.797. The van der Waals surface area contributed by atoms with E-state index in [0.29, 0.717) is 5.02 Å². The average molecular weight is 226 g/mol. The fraction of sp³-hybridized carbons (Fsp3) is 0.364. The Labute approximate surface area is 93.3 Å². The first-order valence-corrected chi connectivity index (χ1v) is 5.34. The van der Waals surface area contributed by atoms with E-state index in [1.165, 1.54) is 6.07 Å². The molecule has 1 amide bonds. The summed E-state index contributed by atoms with van der Waals surface area (Å²) in [7, 11) is 0. The van der Waals surface area contributed by atoms with Crippen LogP contribution in [0.3, 0.4) is 0 Å². The van der Waals surface area contributed by atoms with Crippen LogP contribution < -0.4 is 0 Å². The Balaban J connectivity index is 2.32. The van der Waals surface area contributed by atoms with Crippen molar-refractivity contribution in [3.8, 4) is 5.75 Å². The van der Waals surface area contributed by atoms with Gasteiger partial charge in [-0.2, -0.15) is 0 Å². The molecule has 1 aliphatic heterocycles. The summed E-state index contributed by atoms with van der Waals surface area (Å²) in [5.74, 6) is -0.213. The highest BCUT2D eigenvalue weighted by Gasteiger charge is 2.23. The number of likely N-dealkylation sites (tertiary alicyclic amines) is 1. The molecule has 1 N–H and O–H groups in total. The molecule has 0 atom stereocenters. The van der Waals surface area contributed by atoms with E-state index >= 15 is 0 Å². The maximum atomic E-state index is 12.0. The lowest BCUT2D eigenvalue weighted by Gasteiger charge is -2.16. The van der Waals surface area contributed by atoms with Gasteiger partial charge in [0.15, 0.2) is 0 Å². The summed E-state index contributed by atoms with van der Waals surface area (Å²) >= 11 is 5.90. The molecule has 0 saturated carbocycles. The smallest absolute Gasteiger partial charge is 0.259 e. The van der Waals surface area contributed by atoms with Gasteiger partial charge in [-0.25, -0.2) is 0 Å². The van der Waals surface area contributed by atoms with E-state index in [9.17, 15) is 9.90 Å². The van der Waals surface area contributed by atoms with Crippen molar-refractivity contribution in [2.24, 2.45) is 0 Å². The Bertz CT molecular complexity index is 366. The van der Waals surface area contributed by atoms with Crippen molar-refractivity contribution in [2.45, 2.75) is 12.8 Å². The maximum Gasteiger partial charge on any atom is 0.259 e. The highest BCUT2D eigenvalue weighted by molar-refractivity contribution is 6.34. The van der Waals surface area contributed by atoms with E-state index in [1.54, 1.807) is 17.0 Å². The summed E-state index contributed by atoms with van der Waals surface area (Å²) in [6.45, 7) is 1.51. The number of phenolic OH excluding ortho intramolecular Hbond substituents is 1. The van der Waals surface area contributed by atoms with E-state index in [4.69, 9.17) is 11.6 Å². The van der Waals surface area contributed by atoms with Crippen molar-refractivity contribution in [1.29, 1.82) is 0 Å². The molecular weight excluding hydrogens is 214 g/mol. The number of aromatic hydroxyl groups is 1. The van der Waals surface area contributed by atoms with Crippen molar-refractivity contribution in [1.82, 2.24) is 4.90 Å². The summed E-state index contributed by atoms with van der Waals surface area (Å²) in [6, 6.07) is 4.72. The molecule has 0 radical (unpaired) electrons. The highest BCUT2D eigenvalue weighted by Crippen LogP contribution is 2.27. The summed E-state index contributed by atoms with van der Waals surface area (Å²) in [6.07, 6.45) is 2.05. The van der Waals surface area contributed by atoms with Gasteiger partial charge in [-0.3, -0.25) is 4.79 Å². The lowest BCUT2D eigenvalue weighted by molar-refractivity contribution is 0.0790. The largest absolute Gasteiger partial charge is 0.507 e. The number of hydrogen-bond donors (Lipinski definition) is 1. The Morgan fingerprint density at radius 3 is 2.60 bits per heavy atom. The van der Waals surface area contributed by atoms with Crippen LogP contribution in [0.4, 0.5) is 0 Å². The van der Waals surface area contributed by atoms with Crippen LogP contribution in [-0.4, -0.2) is 29.0 Å². The first kappa shape index (κ1) is 10.3. The second-order valence-electron chi connectivity index (χ2n) is 3.63. The van der Waals surface area contributed by atoms with E-state index in [2.05, 4.69) is 0 Å². The molecule has 3 nitrogen and oxygen atoms in total. The van der Waals surface area contributed by atoms with Gasteiger partial charge in [0.2, 0.25) is 0 Å². The molecule has 2 rings (SSSR count). The summed E-state index contributed by atoms with van der Waals surface area (Å²) < 4.78 is 0. The van der Waals surface area contributed by atoms with Gasteiger partial charge in [0, 0.05) is 13.1 Å². The molecule has 15 heavy (non-hydrogen) atoms. The molecule has 1 heterocycles. The molecule has 4 heteroatoms. The number of benzene rings is 1. The van der Waals surface area contributed by atoms with Gasteiger partial charge in [-0.1, -0.05) is 17.7 Å². The maximum absolute atomic E-state index is 12.0. The number of phenols is 1. The molecule has 0 unspecified atom stereocenters. The van der Waals surface area contributed by atoms with Gasteiger partial charge in [0.05, 0.1) is 10.6 Å². The molecule has 0 aromatic heterocycles. The molecule has 1 saturated heterocycles. The summed E-state index contributed by atoms with van der Waals surface area (Å²) in [4.78, 5) is 13.7. The zero-order valence-corrected chi connectivity index (χ0v) is 9.00. The van der Waals surface area contributed by atoms with E-state index < -0.39 is 0 Å². The molecule has 1 aromatic rings. The zero-order valence-electron chi connectivity index (χ0n) is 8.24. The third kappa shape index (κ3) is 1.92. The monoisotopic (exact) mass is 225 g/mol. The van der Waals surface area contributed by atoms with Crippen LogP contribution in [0, 0.1) is 0 Å². The van der Waals surface area contributed by atoms with Gasteiger partial charge >= 0.3 is 0 Å². The van der Waals surface area contributed by atoms with E-state index in [1.807, 2.05) is 0 Å². The standard InChI is InChI=1S/C11H12ClNO2/c12-8-4-3-5-9(14)10(8)11(15)13-6-1-2-7-13/h3-5,14H,1-2,6-7H2. The number of hydrogen-bond acceptors (Lipinski definition) is 2. The van der Waals surface area contributed by atoms with Gasteiger partial charge in [0.25, 0.3) is 5.91 Å². The second-order valence-corrected chi connectivity index (χ2v) is 4.04. The van der Waals surface area contributed by atoms with Crippen molar-refractivity contribution >= 4 is 17.5 Å². The molecule has 1 fully saturated rings. The first-order chi connectivity index (χ1) is 7.20. The van der Waals surface area contributed by atoms with Crippen LogP contribution in [0.25, 0.3) is 0 Å². The van der Waals surface area contributed by atoms with Crippen LogP contribution in [0.2, 0.25) is 5.02 Å². The van der Waals surface area contributed by atoms with Crippen molar-refractivity contribution in [3.05, 3.63) is 28.8 Å². The lowest BCUT2D eigenvalue weighted by atomic mass is 10.2. The molecular formula is C11H12ClNO2. The summed E-state index contributed by atoms with van der Waals surface area (Å²) in [5, 5.41) is 9.90. The number of rotatable bonds is 1. The molecule has 1 aliphatic rings. The van der Waals surface area contributed by atoms with Crippen LogP contribution >= 0.6 is 11.6 Å². The van der Waals surface area contributed by atoms with E-state index in [0.717, 1.165) is 25.9 Å². The predicted octanol–water partition coefficient (Wildman–Crippen LogP) is 2.28. The number of carbonyl (C=O) groups excluding carboxylic acids is 1. The molecule has 0 aliphatic carbocycles.